The molecule has 3 rings (SSSR count). The van der Waals surface area contributed by atoms with Crippen LogP contribution in [0.15, 0.2) is 48.7 Å². The molecule has 0 radical (unpaired) electrons. The van der Waals surface area contributed by atoms with Crippen LogP contribution in [0.1, 0.15) is 33.0 Å². The van der Waals surface area contributed by atoms with Gasteiger partial charge in [-0.2, -0.15) is 4.98 Å². The smallest absolute Gasteiger partial charge is 0.250 e. The zero-order valence-electron chi connectivity index (χ0n) is 17.2. The average molecular weight is 508 g/mol. The Bertz CT molecular complexity index is 1240. The Kier molecular flexibility index (Phi) is 7.86. The summed E-state index contributed by atoms with van der Waals surface area (Å²) in [6.45, 7) is 0.0498. The molecular weight excluding hydrogens is 491 g/mol. The number of amides is 2. The van der Waals surface area contributed by atoms with Crippen molar-refractivity contribution < 1.29 is 19.1 Å². The molecule has 0 spiro atoms. The molecule has 0 aliphatic rings. The summed E-state index contributed by atoms with van der Waals surface area (Å²) in [6, 6.07) is 10.7. The first-order chi connectivity index (χ1) is 15.7. The molecule has 0 atom stereocenters. The molecule has 2 amide bonds. The van der Waals surface area contributed by atoms with Crippen LogP contribution in [0.4, 0.5) is 5.69 Å². The lowest BCUT2D eigenvalue weighted by Gasteiger charge is -2.23. The zero-order valence-corrected chi connectivity index (χ0v) is 19.5. The van der Waals surface area contributed by atoms with Gasteiger partial charge in [-0.1, -0.05) is 40.9 Å². The van der Waals surface area contributed by atoms with Gasteiger partial charge in [0.25, 0.3) is 0 Å². The van der Waals surface area contributed by atoms with E-state index in [1.54, 1.807) is 18.2 Å². The van der Waals surface area contributed by atoms with Gasteiger partial charge in [0.2, 0.25) is 23.5 Å². The molecule has 8 nitrogen and oxygen atoms in total. The standard InChI is InChI=1S/C22H17Cl3N4O4/c1-33-19-6-7-27-22(28-19)18(30)10-20(31)29(11-12-2-5-15(23)17(25)8-12)13-3-4-14(21(26)32)16(24)9-13/h2-9H,10-11H2,1H3,(H2,26,32). The second-order valence-electron chi connectivity index (χ2n) is 6.78. The Morgan fingerprint density at radius 1 is 1.00 bits per heavy atom. The molecule has 33 heavy (non-hydrogen) atoms. The maximum absolute atomic E-state index is 13.2. The highest BCUT2D eigenvalue weighted by molar-refractivity contribution is 6.42. The molecule has 0 aliphatic carbocycles. The summed E-state index contributed by atoms with van der Waals surface area (Å²) in [6.07, 6.45) is 0.836. The summed E-state index contributed by atoms with van der Waals surface area (Å²) in [5.74, 6) is -1.82. The lowest BCUT2D eigenvalue weighted by molar-refractivity contribution is -0.117. The van der Waals surface area contributed by atoms with Crippen molar-refractivity contribution in [2.24, 2.45) is 5.73 Å². The molecular formula is C22H17Cl3N4O4. The third-order valence-electron chi connectivity index (χ3n) is 4.56. The first-order valence-electron chi connectivity index (χ1n) is 9.43. The number of Topliss-reactive ketones (excluding diaryl/α,β-unsaturated/α-hetero) is 1. The molecule has 2 aromatic carbocycles. The Morgan fingerprint density at radius 2 is 1.76 bits per heavy atom. The van der Waals surface area contributed by atoms with Crippen molar-refractivity contribution in [1.29, 1.82) is 0 Å². The van der Waals surface area contributed by atoms with E-state index in [0.717, 1.165) is 0 Å². The van der Waals surface area contributed by atoms with Crippen molar-refractivity contribution in [3.8, 4) is 5.88 Å². The average Bonchev–Trinajstić information content (AvgIpc) is 2.79. The molecule has 1 heterocycles. The number of ketones is 1. The number of carbonyl (C=O) groups excluding carboxylic acids is 3. The fraction of sp³-hybridized carbons (Fsp3) is 0.136. The summed E-state index contributed by atoms with van der Waals surface area (Å²) in [5.41, 5.74) is 6.41. The number of ether oxygens (including phenoxy) is 1. The van der Waals surface area contributed by atoms with Crippen molar-refractivity contribution in [3.05, 3.63) is 80.7 Å². The summed E-state index contributed by atoms with van der Waals surface area (Å²) in [4.78, 5) is 46.6. The highest BCUT2D eigenvalue weighted by atomic mass is 35.5. The van der Waals surface area contributed by atoms with E-state index in [1.165, 1.54) is 42.5 Å². The number of benzene rings is 2. The normalized spacial score (nSPS) is 10.5. The molecule has 0 saturated carbocycles. The Hall–Kier alpha value is -3.20. The third-order valence-corrected chi connectivity index (χ3v) is 5.61. The molecule has 11 heteroatoms. The van der Waals surface area contributed by atoms with Crippen LogP contribution >= 0.6 is 34.8 Å². The van der Waals surface area contributed by atoms with Gasteiger partial charge in [0.05, 0.1) is 40.7 Å². The molecule has 0 saturated heterocycles. The van der Waals surface area contributed by atoms with E-state index in [2.05, 4.69) is 9.97 Å². The third kappa shape index (κ3) is 5.98. The number of methoxy groups -OCH3 is 1. The Balaban J connectivity index is 1.93. The van der Waals surface area contributed by atoms with E-state index >= 15 is 0 Å². The van der Waals surface area contributed by atoms with E-state index in [4.69, 9.17) is 45.3 Å². The van der Waals surface area contributed by atoms with Gasteiger partial charge in [0.15, 0.2) is 5.82 Å². The van der Waals surface area contributed by atoms with Gasteiger partial charge in [-0.3, -0.25) is 14.4 Å². The predicted octanol–water partition coefficient (Wildman–Crippen LogP) is 4.35. The second kappa shape index (κ2) is 10.6. The van der Waals surface area contributed by atoms with Gasteiger partial charge in [-0.25, -0.2) is 4.98 Å². The number of primary amides is 1. The number of anilines is 1. The number of carbonyl (C=O) groups is 3. The predicted molar refractivity (Wildman–Crippen MR) is 125 cm³/mol. The highest BCUT2D eigenvalue weighted by Crippen LogP contribution is 2.28. The molecule has 0 aliphatic heterocycles. The number of hydrogen-bond acceptors (Lipinski definition) is 6. The van der Waals surface area contributed by atoms with Crippen molar-refractivity contribution in [1.82, 2.24) is 9.97 Å². The lowest BCUT2D eigenvalue weighted by atomic mass is 10.1. The maximum Gasteiger partial charge on any atom is 0.250 e. The molecule has 0 unspecified atom stereocenters. The fourth-order valence-corrected chi connectivity index (χ4v) is 3.51. The first-order valence-corrected chi connectivity index (χ1v) is 10.6. The Morgan fingerprint density at radius 3 is 2.39 bits per heavy atom. The van der Waals surface area contributed by atoms with Gasteiger partial charge in [-0.05, 0) is 35.9 Å². The molecule has 170 valence electrons. The molecule has 1 aromatic heterocycles. The van der Waals surface area contributed by atoms with Crippen LogP contribution in [0.5, 0.6) is 5.88 Å². The number of halogens is 3. The minimum Gasteiger partial charge on any atom is -0.481 e. The SMILES string of the molecule is COc1ccnc(C(=O)CC(=O)N(Cc2ccc(Cl)c(Cl)c2)c2ccc(C(N)=O)c(Cl)c2)n1. The number of rotatable bonds is 8. The summed E-state index contributed by atoms with van der Waals surface area (Å²) >= 11 is 18.3. The maximum atomic E-state index is 13.2. The van der Waals surface area contributed by atoms with Crippen LogP contribution in [-0.4, -0.2) is 34.7 Å². The minimum absolute atomic E-state index is 0.0498. The van der Waals surface area contributed by atoms with Crippen LogP contribution in [0, 0.1) is 0 Å². The fourth-order valence-electron chi connectivity index (χ4n) is 2.92. The van der Waals surface area contributed by atoms with E-state index in [-0.39, 0.29) is 28.8 Å². The first kappa shape index (κ1) is 24.4. The second-order valence-corrected chi connectivity index (χ2v) is 8.00. The lowest BCUT2D eigenvalue weighted by Crippen LogP contribution is -2.32. The largest absolute Gasteiger partial charge is 0.481 e. The van der Waals surface area contributed by atoms with Crippen molar-refractivity contribution in [3.63, 3.8) is 0 Å². The molecule has 2 N–H and O–H groups in total. The van der Waals surface area contributed by atoms with Crippen LogP contribution in [0.3, 0.4) is 0 Å². The van der Waals surface area contributed by atoms with Crippen LogP contribution in [0.2, 0.25) is 15.1 Å². The number of aromatic nitrogens is 2. The number of nitrogens with zero attached hydrogens (tertiary/aromatic N) is 3. The van der Waals surface area contributed by atoms with Crippen LogP contribution in [0.25, 0.3) is 0 Å². The molecule has 0 fully saturated rings. The van der Waals surface area contributed by atoms with E-state index in [9.17, 15) is 14.4 Å². The topological polar surface area (TPSA) is 115 Å². The van der Waals surface area contributed by atoms with Gasteiger partial charge >= 0.3 is 0 Å². The summed E-state index contributed by atoms with van der Waals surface area (Å²) in [7, 11) is 1.40. The highest BCUT2D eigenvalue weighted by Gasteiger charge is 2.23. The zero-order chi connectivity index (χ0) is 24.1. The van der Waals surface area contributed by atoms with Gasteiger partial charge in [0.1, 0.15) is 0 Å². The van der Waals surface area contributed by atoms with Crippen molar-refractivity contribution >= 4 is 58.1 Å². The number of nitrogens with two attached hydrogens (primary N) is 1. The quantitative estimate of drug-likeness (QED) is 0.358. The van der Waals surface area contributed by atoms with E-state index in [1.807, 2.05) is 0 Å². The summed E-state index contributed by atoms with van der Waals surface area (Å²) in [5, 5.41) is 0.733. The van der Waals surface area contributed by atoms with Crippen molar-refractivity contribution in [2.75, 3.05) is 12.0 Å². The van der Waals surface area contributed by atoms with E-state index in [0.29, 0.717) is 21.3 Å². The number of hydrogen-bond donors (Lipinski definition) is 1. The van der Waals surface area contributed by atoms with Crippen LogP contribution < -0.4 is 15.4 Å². The van der Waals surface area contributed by atoms with Gasteiger partial charge in [-0.15, -0.1) is 0 Å². The van der Waals surface area contributed by atoms with E-state index < -0.39 is 24.0 Å². The van der Waals surface area contributed by atoms with Crippen molar-refractivity contribution in [2.45, 2.75) is 13.0 Å². The Labute approximate surface area is 204 Å². The minimum atomic E-state index is -0.709. The molecule has 3 aromatic rings. The van der Waals surface area contributed by atoms with Crippen LogP contribution in [-0.2, 0) is 11.3 Å². The summed E-state index contributed by atoms with van der Waals surface area (Å²) < 4.78 is 5.00. The monoisotopic (exact) mass is 506 g/mol. The van der Waals surface area contributed by atoms with Gasteiger partial charge in [0, 0.05) is 18.0 Å². The van der Waals surface area contributed by atoms with Gasteiger partial charge < -0.3 is 15.4 Å². The molecule has 0 bridgehead atoms.